The second-order valence-corrected chi connectivity index (χ2v) is 6.42. The molecule has 25 heavy (non-hydrogen) atoms. The molecule has 1 atom stereocenters. The Morgan fingerprint density at radius 1 is 1.28 bits per heavy atom. The number of nitriles is 1. The summed E-state index contributed by atoms with van der Waals surface area (Å²) in [6.45, 7) is 0.606. The van der Waals surface area contributed by atoms with Crippen molar-refractivity contribution in [2.45, 2.75) is 12.5 Å². The molecule has 1 unspecified atom stereocenters. The molecular formula is C16H13N7OS. The Bertz CT molecular complexity index is 926. The number of hydrogen-bond donors (Lipinski definition) is 1. The van der Waals surface area contributed by atoms with Crippen molar-refractivity contribution in [2.24, 2.45) is 0 Å². The number of thiophene rings is 1. The molecule has 3 aromatic rings. The van der Waals surface area contributed by atoms with Gasteiger partial charge in [-0.2, -0.15) is 5.26 Å². The first-order valence-electron chi connectivity index (χ1n) is 7.65. The van der Waals surface area contributed by atoms with E-state index < -0.39 is 0 Å². The van der Waals surface area contributed by atoms with Crippen molar-refractivity contribution in [2.75, 3.05) is 16.8 Å². The molecule has 0 radical (unpaired) electrons. The van der Waals surface area contributed by atoms with E-state index in [0.29, 0.717) is 18.5 Å². The summed E-state index contributed by atoms with van der Waals surface area (Å²) in [6.07, 6.45) is 2.21. The lowest BCUT2D eigenvalue weighted by Gasteiger charge is -2.16. The van der Waals surface area contributed by atoms with Gasteiger partial charge in [0, 0.05) is 12.2 Å². The van der Waals surface area contributed by atoms with Gasteiger partial charge in [-0.05, 0) is 52.6 Å². The van der Waals surface area contributed by atoms with Crippen molar-refractivity contribution >= 4 is 27.9 Å². The molecule has 1 fully saturated rings. The fourth-order valence-corrected chi connectivity index (χ4v) is 3.68. The Balaban J connectivity index is 1.47. The average molecular weight is 351 g/mol. The first-order chi connectivity index (χ1) is 12.3. The molecular weight excluding hydrogens is 338 g/mol. The van der Waals surface area contributed by atoms with Gasteiger partial charge in [-0.1, -0.05) is 0 Å². The topological polar surface area (TPSA) is 99.7 Å². The molecule has 2 aromatic heterocycles. The van der Waals surface area contributed by atoms with E-state index in [1.165, 1.54) is 17.7 Å². The van der Waals surface area contributed by atoms with Crippen LogP contribution in [0.3, 0.4) is 0 Å². The summed E-state index contributed by atoms with van der Waals surface area (Å²) in [7, 11) is 0. The highest BCUT2D eigenvalue weighted by atomic mass is 32.1. The summed E-state index contributed by atoms with van der Waals surface area (Å²) in [5.41, 5.74) is 2.24. The fraction of sp³-hybridized carbons (Fsp3) is 0.188. The van der Waals surface area contributed by atoms with Crippen LogP contribution in [0.4, 0.5) is 10.7 Å². The van der Waals surface area contributed by atoms with Crippen LogP contribution in [0.5, 0.6) is 0 Å². The summed E-state index contributed by atoms with van der Waals surface area (Å²) < 4.78 is 1.56. The van der Waals surface area contributed by atoms with Gasteiger partial charge in [-0.15, -0.1) is 16.4 Å². The molecule has 4 rings (SSSR count). The van der Waals surface area contributed by atoms with Crippen molar-refractivity contribution in [3.63, 3.8) is 0 Å². The third-order valence-corrected chi connectivity index (χ3v) is 4.97. The van der Waals surface area contributed by atoms with Crippen LogP contribution in [-0.4, -0.2) is 38.7 Å². The van der Waals surface area contributed by atoms with Gasteiger partial charge in [0.1, 0.15) is 23.4 Å². The number of rotatable bonds is 4. The van der Waals surface area contributed by atoms with Crippen molar-refractivity contribution in [1.82, 2.24) is 20.2 Å². The predicted molar refractivity (Wildman–Crippen MR) is 92.6 cm³/mol. The molecule has 1 aliphatic rings. The number of carbonyl (C=O) groups excluding carboxylic acids is 1. The largest absolute Gasteiger partial charge is 0.374 e. The summed E-state index contributed by atoms with van der Waals surface area (Å²) in [5, 5.41) is 26.0. The number of anilines is 2. The molecule has 1 N–H and O–H groups in total. The van der Waals surface area contributed by atoms with E-state index in [4.69, 9.17) is 5.26 Å². The molecule has 0 bridgehead atoms. The molecule has 0 spiro atoms. The van der Waals surface area contributed by atoms with Gasteiger partial charge < -0.3 is 10.2 Å². The summed E-state index contributed by atoms with van der Waals surface area (Å²) in [6, 6.07) is 11.1. The van der Waals surface area contributed by atoms with E-state index in [1.807, 2.05) is 29.6 Å². The Labute approximate surface area is 147 Å². The zero-order valence-electron chi connectivity index (χ0n) is 13.0. The smallest absolute Gasteiger partial charge is 0.250 e. The number of aromatic nitrogens is 4. The van der Waals surface area contributed by atoms with E-state index in [2.05, 4.69) is 26.9 Å². The van der Waals surface area contributed by atoms with Crippen LogP contribution >= 0.6 is 11.3 Å². The predicted octanol–water partition coefficient (Wildman–Crippen LogP) is 1.81. The first-order valence-corrected chi connectivity index (χ1v) is 8.53. The van der Waals surface area contributed by atoms with Crippen LogP contribution in [0.1, 0.15) is 12.0 Å². The second kappa shape index (κ2) is 6.33. The van der Waals surface area contributed by atoms with Gasteiger partial charge in [0.25, 0.3) is 0 Å². The first kappa shape index (κ1) is 15.3. The van der Waals surface area contributed by atoms with Crippen molar-refractivity contribution in [1.29, 1.82) is 5.26 Å². The monoisotopic (exact) mass is 351 g/mol. The Kier molecular flexibility index (Phi) is 3.87. The number of nitrogens with one attached hydrogen (secondary N) is 1. The maximum absolute atomic E-state index is 12.7. The molecule has 1 aromatic carbocycles. The maximum Gasteiger partial charge on any atom is 0.250 e. The summed E-state index contributed by atoms with van der Waals surface area (Å²) in [4.78, 5) is 14.4. The number of nitrogens with zero attached hydrogens (tertiary/aromatic N) is 6. The van der Waals surface area contributed by atoms with Crippen LogP contribution in [0, 0.1) is 11.3 Å². The highest BCUT2D eigenvalue weighted by Gasteiger charge is 2.34. The lowest BCUT2D eigenvalue weighted by molar-refractivity contribution is -0.117. The zero-order valence-corrected chi connectivity index (χ0v) is 13.8. The number of tetrazole rings is 1. The summed E-state index contributed by atoms with van der Waals surface area (Å²) in [5.74, 6) is -0.0106. The number of hydrogen-bond acceptors (Lipinski definition) is 7. The minimum absolute atomic E-state index is 0.0106. The van der Waals surface area contributed by atoms with E-state index in [9.17, 15) is 4.79 Å². The molecule has 0 aliphatic carbocycles. The lowest BCUT2D eigenvalue weighted by atomic mass is 10.2. The van der Waals surface area contributed by atoms with Gasteiger partial charge in [-0.25, -0.2) is 4.68 Å². The van der Waals surface area contributed by atoms with Crippen LogP contribution in [0.25, 0.3) is 5.69 Å². The third-order valence-electron chi connectivity index (χ3n) is 4.04. The van der Waals surface area contributed by atoms with E-state index >= 15 is 0 Å². The van der Waals surface area contributed by atoms with Crippen LogP contribution in [-0.2, 0) is 4.79 Å². The van der Waals surface area contributed by atoms with Crippen LogP contribution in [0.2, 0.25) is 0 Å². The molecule has 1 aliphatic heterocycles. The van der Waals surface area contributed by atoms with E-state index in [1.54, 1.807) is 15.6 Å². The second-order valence-electron chi connectivity index (χ2n) is 5.53. The van der Waals surface area contributed by atoms with Gasteiger partial charge >= 0.3 is 0 Å². The number of benzene rings is 1. The van der Waals surface area contributed by atoms with Crippen LogP contribution < -0.4 is 10.2 Å². The van der Waals surface area contributed by atoms with Crippen LogP contribution in [0.15, 0.2) is 42.0 Å². The molecule has 9 heteroatoms. The maximum atomic E-state index is 12.7. The lowest BCUT2D eigenvalue weighted by Crippen LogP contribution is -2.33. The van der Waals surface area contributed by atoms with Crippen molar-refractivity contribution in [3.05, 3.63) is 47.6 Å². The standard InChI is InChI=1S/C16H13N7OS/c17-9-11-6-8-25-16(11)22-7-5-14(15(22)24)19-12-1-3-13(4-2-12)23-10-18-20-21-23/h1-4,6,8,10,14,19H,5,7H2. The number of carbonyl (C=O) groups is 1. The Hall–Kier alpha value is -3.25. The van der Waals surface area contributed by atoms with Crippen molar-refractivity contribution in [3.8, 4) is 11.8 Å². The molecule has 3 heterocycles. The van der Waals surface area contributed by atoms with Gasteiger partial charge in [0.15, 0.2) is 0 Å². The molecule has 0 saturated carbocycles. The fourth-order valence-electron chi connectivity index (χ4n) is 2.80. The van der Waals surface area contributed by atoms with Crippen molar-refractivity contribution < 1.29 is 4.79 Å². The Morgan fingerprint density at radius 3 is 2.84 bits per heavy atom. The third kappa shape index (κ3) is 2.83. The van der Waals surface area contributed by atoms with E-state index in [-0.39, 0.29) is 11.9 Å². The molecule has 124 valence electrons. The Morgan fingerprint density at radius 2 is 2.12 bits per heavy atom. The highest BCUT2D eigenvalue weighted by Crippen LogP contribution is 2.31. The normalized spacial score (nSPS) is 16.8. The summed E-state index contributed by atoms with van der Waals surface area (Å²) >= 11 is 1.42. The minimum Gasteiger partial charge on any atom is -0.374 e. The average Bonchev–Trinajstić information content (AvgIpc) is 3.37. The van der Waals surface area contributed by atoms with Gasteiger partial charge in [0.05, 0.1) is 11.3 Å². The zero-order chi connectivity index (χ0) is 17.2. The van der Waals surface area contributed by atoms with Gasteiger partial charge in [-0.3, -0.25) is 4.79 Å². The molecule has 1 amide bonds. The number of amides is 1. The minimum atomic E-state index is -0.299. The van der Waals surface area contributed by atoms with Gasteiger partial charge in [0.2, 0.25) is 5.91 Å². The highest BCUT2D eigenvalue weighted by molar-refractivity contribution is 7.14. The molecule has 8 nitrogen and oxygen atoms in total. The quantitative estimate of drug-likeness (QED) is 0.769. The van der Waals surface area contributed by atoms with E-state index in [0.717, 1.165) is 16.4 Å². The SMILES string of the molecule is N#Cc1ccsc1N1CCC(Nc2ccc(-n3cnnn3)cc2)C1=O. The molecule has 1 saturated heterocycles.